The van der Waals surface area contributed by atoms with Crippen molar-refractivity contribution in [3.63, 3.8) is 0 Å². The number of oxime groups is 1. The highest BCUT2D eigenvalue weighted by atomic mass is 35.5. The van der Waals surface area contributed by atoms with Crippen molar-refractivity contribution in [3.05, 3.63) is 64.1 Å². The van der Waals surface area contributed by atoms with Crippen LogP contribution < -0.4 is 0 Å². The summed E-state index contributed by atoms with van der Waals surface area (Å²) in [5, 5.41) is 4.13. The first-order chi connectivity index (χ1) is 9.50. The van der Waals surface area contributed by atoms with E-state index in [2.05, 4.69) is 9.44 Å². The molecule has 0 aliphatic carbocycles. The van der Waals surface area contributed by atoms with E-state index in [0.29, 0.717) is 15.6 Å². The predicted molar refractivity (Wildman–Crippen MR) is 78.8 cm³/mol. The summed E-state index contributed by atoms with van der Waals surface area (Å²) in [7, 11) is -3.94. The smallest absolute Gasteiger partial charge is 0.265 e. The minimum Gasteiger partial charge on any atom is -0.265 e. The van der Waals surface area contributed by atoms with Crippen LogP contribution in [0.1, 0.15) is 5.56 Å². The highest BCUT2D eigenvalue weighted by Crippen LogP contribution is 2.22. The molecule has 0 atom stereocenters. The van der Waals surface area contributed by atoms with Crippen LogP contribution in [-0.4, -0.2) is 14.6 Å². The molecule has 0 saturated carbocycles. The molecule has 0 fully saturated rings. The maximum atomic E-state index is 11.8. The summed E-state index contributed by atoms with van der Waals surface area (Å²) in [6.45, 7) is 0. The molecule has 4 nitrogen and oxygen atoms in total. The van der Waals surface area contributed by atoms with Crippen molar-refractivity contribution in [3.8, 4) is 0 Å². The average molecular weight is 330 g/mol. The zero-order valence-electron chi connectivity index (χ0n) is 10.0. The van der Waals surface area contributed by atoms with Gasteiger partial charge in [-0.3, -0.25) is 4.28 Å². The number of hydrogen-bond acceptors (Lipinski definition) is 4. The third-order valence-corrected chi connectivity index (χ3v) is 4.15. The Morgan fingerprint density at radius 1 is 0.950 bits per heavy atom. The van der Waals surface area contributed by atoms with Gasteiger partial charge in [0.25, 0.3) is 0 Å². The Morgan fingerprint density at radius 2 is 1.55 bits per heavy atom. The van der Waals surface area contributed by atoms with Gasteiger partial charge in [0.15, 0.2) is 0 Å². The van der Waals surface area contributed by atoms with E-state index >= 15 is 0 Å². The van der Waals surface area contributed by atoms with Gasteiger partial charge in [0.2, 0.25) is 0 Å². The van der Waals surface area contributed by atoms with E-state index in [1.165, 1.54) is 12.1 Å². The van der Waals surface area contributed by atoms with Gasteiger partial charge in [-0.05, 0) is 24.3 Å². The van der Waals surface area contributed by atoms with E-state index in [9.17, 15) is 8.42 Å². The number of benzene rings is 2. The Labute approximate surface area is 126 Å². The lowest BCUT2D eigenvalue weighted by Crippen LogP contribution is -2.02. The third-order valence-electron chi connectivity index (χ3n) is 2.35. The standard InChI is InChI=1S/C13H9Cl2NO3S/c14-12-7-4-8-13(15)11(12)9-16-19-20(17,18)10-5-2-1-3-6-10/h1-9H. The Balaban J connectivity index is 2.19. The molecule has 2 aromatic rings. The van der Waals surface area contributed by atoms with Crippen LogP contribution in [0.15, 0.2) is 58.6 Å². The summed E-state index contributed by atoms with van der Waals surface area (Å²) in [5.41, 5.74) is 0.388. The number of nitrogens with zero attached hydrogens (tertiary/aromatic N) is 1. The first kappa shape index (κ1) is 14.8. The topological polar surface area (TPSA) is 55.7 Å². The van der Waals surface area contributed by atoms with Crippen molar-refractivity contribution < 1.29 is 12.7 Å². The zero-order chi connectivity index (χ0) is 14.6. The summed E-state index contributed by atoms with van der Waals surface area (Å²) < 4.78 is 28.1. The molecule has 0 amide bonds. The van der Waals surface area contributed by atoms with Crippen molar-refractivity contribution in [2.24, 2.45) is 5.16 Å². The summed E-state index contributed by atoms with van der Waals surface area (Å²) in [6, 6.07) is 12.6. The lowest BCUT2D eigenvalue weighted by Gasteiger charge is -2.02. The van der Waals surface area contributed by atoms with Crippen molar-refractivity contribution in [1.29, 1.82) is 0 Å². The maximum Gasteiger partial charge on any atom is 0.358 e. The minimum atomic E-state index is -3.94. The molecule has 7 heteroatoms. The fraction of sp³-hybridized carbons (Fsp3) is 0. The highest BCUT2D eigenvalue weighted by molar-refractivity contribution is 7.86. The summed E-state index contributed by atoms with van der Waals surface area (Å²) in [4.78, 5) is 0.0161. The fourth-order valence-electron chi connectivity index (χ4n) is 1.40. The van der Waals surface area contributed by atoms with Crippen LogP contribution in [0.5, 0.6) is 0 Å². The van der Waals surface area contributed by atoms with Gasteiger partial charge in [-0.2, -0.15) is 8.42 Å². The van der Waals surface area contributed by atoms with E-state index in [4.69, 9.17) is 23.2 Å². The molecule has 0 N–H and O–H groups in total. The first-order valence-corrected chi connectivity index (χ1v) is 7.63. The van der Waals surface area contributed by atoms with Crippen LogP contribution in [0.25, 0.3) is 0 Å². The molecule has 0 radical (unpaired) electrons. The minimum absolute atomic E-state index is 0.0161. The molecule has 104 valence electrons. The second-order valence-electron chi connectivity index (χ2n) is 3.71. The average Bonchev–Trinajstić information content (AvgIpc) is 2.43. The van der Waals surface area contributed by atoms with Gasteiger partial charge in [-0.25, -0.2) is 0 Å². The Morgan fingerprint density at radius 3 is 2.15 bits per heavy atom. The van der Waals surface area contributed by atoms with E-state index in [-0.39, 0.29) is 4.90 Å². The highest BCUT2D eigenvalue weighted by Gasteiger charge is 2.14. The molecule has 0 bridgehead atoms. The number of halogens is 2. The fourth-order valence-corrected chi connectivity index (χ4v) is 2.62. The molecule has 2 rings (SSSR count). The van der Waals surface area contributed by atoms with Crippen LogP contribution in [0.2, 0.25) is 10.0 Å². The van der Waals surface area contributed by atoms with Gasteiger partial charge in [0, 0.05) is 5.56 Å². The Hall–Kier alpha value is -1.56. The lowest BCUT2D eigenvalue weighted by molar-refractivity contribution is 0.341. The van der Waals surface area contributed by atoms with Crippen molar-refractivity contribution >= 4 is 39.5 Å². The molecule has 0 saturated heterocycles. The van der Waals surface area contributed by atoms with Crippen molar-refractivity contribution in [1.82, 2.24) is 0 Å². The monoisotopic (exact) mass is 329 g/mol. The van der Waals surface area contributed by atoms with Gasteiger partial charge < -0.3 is 0 Å². The van der Waals surface area contributed by atoms with E-state index in [1.807, 2.05) is 0 Å². The SMILES string of the molecule is O=S(=O)(ON=Cc1c(Cl)cccc1Cl)c1ccccc1. The second kappa shape index (κ2) is 6.26. The largest absolute Gasteiger partial charge is 0.358 e. The number of hydrogen-bond donors (Lipinski definition) is 0. The zero-order valence-corrected chi connectivity index (χ0v) is 12.4. The lowest BCUT2D eigenvalue weighted by atomic mass is 10.2. The summed E-state index contributed by atoms with van der Waals surface area (Å²) in [5.74, 6) is 0. The summed E-state index contributed by atoms with van der Waals surface area (Å²) in [6.07, 6.45) is 1.16. The third kappa shape index (κ3) is 3.50. The van der Waals surface area contributed by atoms with Crippen LogP contribution in [0.4, 0.5) is 0 Å². The second-order valence-corrected chi connectivity index (χ2v) is 6.05. The number of rotatable bonds is 4. The van der Waals surface area contributed by atoms with E-state index in [1.54, 1.807) is 36.4 Å². The van der Waals surface area contributed by atoms with E-state index in [0.717, 1.165) is 6.21 Å². The van der Waals surface area contributed by atoms with Crippen LogP contribution in [0.3, 0.4) is 0 Å². The summed E-state index contributed by atoms with van der Waals surface area (Å²) >= 11 is 11.8. The van der Waals surface area contributed by atoms with Gasteiger partial charge in [0.1, 0.15) is 4.90 Å². The van der Waals surface area contributed by atoms with Gasteiger partial charge in [-0.1, -0.05) is 52.6 Å². The molecule has 0 spiro atoms. The van der Waals surface area contributed by atoms with Crippen LogP contribution in [0, 0.1) is 0 Å². The van der Waals surface area contributed by atoms with Crippen LogP contribution in [-0.2, 0) is 14.4 Å². The maximum absolute atomic E-state index is 11.8. The molecule has 2 aromatic carbocycles. The molecule has 20 heavy (non-hydrogen) atoms. The molecule has 0 heterocycles. The predicted octanol–water partition coefficient (Wildman–Crippen LogP) is 3.73. The van der Waals surface area contributed by atoms with Gasteiger partial charge in [0.05, 0.1) is 16.3 Å². The van der Waals surface area contributed by atoms with Crippen molar-refractivity contribution in [2.75, 3.05) is 0 Å². The molecule has 0 aromatic heterocycles. The van der Waals surface area contributed by atoms with Gasteiger partial charge in [-0.15, -0.1) is 0 Å². The van der Waals surface area contributed by atoms with Crippen LogP contribution >= 0.6 is 23.2 Å². The quantitative estimate of drug-likeness (QED) is 0.634. The van der Waals surface area contributed by atoms with E-state index < -0.39 is 10.1 Å². The molecule has 0 aliphatic rings. The Kier molecular flexibility index (Phi) is 4.65. The normalized spacial score (nSPS) is 11.7. The van der Waals surface area contributed by atoms with Crippen molar-refractivity contribution in [2.45, 2.75) is 4.90 Å². The van der Waals surface area contributed by atoms with Gasteiger partial charge >= 0.3 is 10.1 Å². The molecular weight excluding hydrogens is 321 g/mol. The first-order valence-electron chi connectivity index (χ1n) is 5.47. The molecule has 0 unspecified atom stereocenters. The molecule has 0 aliphatic heterocycles. The molecular formula is C13H9Cl2NO3S. The Bertz CT molecular complexity index is 710.